The average molecular weight is 228 g/mol. The maximum absolute atomic E-state index is 12.7. The summed E-state index contributed by atoms with van der Waals surface area (Å²) in [4.78, 5) is 8.95. The quantitative estimate of drug-likeness (QED) is 0.335. The van der Waals surface area contributed by atoms with Gasteiger partial charge in [0.05, 0.1) is 22.6 Å². The van der Waals surface area contributed by atoms with Crippen LogP contribution >= 0.6 is 12.1 Å². The number of carbonyl (C=O) groups is 1. The lowest BCUT2D eigenvalue weighted by atomic mass is 10.2. The molecular formula is C7HF5OS. The molecule has 0 radical (unpaired) electrons. The number of halogens is 5. The molecule has 1 aromatic carbocycles. The van der Waals surface area contributed by atoms with Crippen molar-refractivity contribution in [2.24, 2.45) is 0 Å². The summed E-state index contributed by atoms with van der Waals surface area (Å²) < 4.78 is 62.3. The van der Waals surface area contributed by atoms with E-state index in [9.17, 15) is 26.2 Å². The van der Waals surface area contributed by atoms with Crippen LogP contribution in [0.3, 0.4) is 0 Å². The minimum atomic E-state index is -2.15. The average Bonchev–Trinajstić information content (AvgIpc) is 2.20. The number of benzene rings is 1. The molecule has 0 atom stereocenters. The molecule has 7 heteroatoms. The molecule has 0 heterocycles. The van der Waals surface area contributed by atoms with Crippen molar-refractivity contribution in [3.8, 4) is 0 Å². The second kappa shape index (κ2) is 3.95. The van der Waals surface area contributed by atoms with E-state index in [1.807, 2.05) is 0 Å². The van der Waals surface area contributed by atoms with Crippen LogP contribution in [0.5, 0.6) is 0 Å². The second-order valence-electron chi connectivity index (χ2n) is 2.19. The lowest BCUT2D eigenvalue weighted by molar-refractivity contribution is 0.111. The highest BCUT2D eigenvalue weighted by atomic mass is 32.2. The number of hydrogen-bond donors (Lipinski definition) is 0. The minimum absolute atomic E-state index is 0.289. The van der Waals surface area contributed by atoms with Crippen molar-refractivity contribution >= 4 is 18.4 Å². The van der Waals surface area contributed by atoms with Gasteiger partial charge in [0.25, 0.3) is 0 Å². The molecule has 0 saturated heterocycles. The smallest absolute Gasteiger partial charge is 0.198 e. The summed E-state index contributed by atoms with van der Waals surface area (Å²) in [5, 5.41) is 0. The van der Waals surface area contributed by atoms with Crippen LogP contribution in [-0.4, -0.2) is 6.29 Å². The van der Waals surface area contributed by atoms with Crippen molar-refractivity contribution in [1.29, 1.82) is 0 Å². The van der Waals surface area contributed by atoms with Gasteiger partial charge in [-0.05, 0) is 0 Å². The fraction of sp³-hybridized carbons (Fsp3) is 0. The molecule has 0 spiro atoms. The maximum Gasteiger partial charge on any atom is 0.198 e. The van der Waals surface area contributed by atoms with Crippen LogP contribution in [0.1, 0.15) is 10.4 Å². The Hall–Kier alpha value is -1.11. The molecule has 1 rings (SSSR count). The summed E-state index contributed by atoms with van der Waals surface area (Å²) in [5.41, 5.74) is -1.17. The third-order valence-corrected chi connectivity index (χ3v) is 2.01. The van der Waals surface area contributed by atoms with Gasteiger partial charge in [-0.3, -0.25) is 4.79 Å². The lowest BCUT2D eigenvalue weighted by Crippen LogP contribution is -2.03. The highest BCUT2D eigenvalue weighted by Crippen LogP contribution is 2.31. The third kappa shape index (κ3) is 1.47. The van der Waals surface area contributed by atoms with Crippen LogP contribution in [0.15, 0.2) is 4.90 Å². The third-order valence-electron chi connectivity index (χ3n) is 1.45. The van der Waals surface area contributed by atoms with E-state index in [0.717, 1.165) is 0 Å². The zero-order valence-corrected chi connectivity index (χ0v) is 7.10. The minimum Gasteiger partial charge on any atom is -0.298 e. The molecular weight excluding hydrogens is 227 g/mol. The monoisotopic (exact) mass is 228 g/mol. The first-order valence-electron chi connectivity index (χ1n) is 3.14. The van der Waals surface area contributed by atoms with Gasteiger partial charge < -0.3 is 0 Å². The number of hydrogen-bond acceptors (Lipinski definition) is 2. The highest BCUT2D eigenvalue weighted by Gasteiger charge is 2.25. The molecule has 0 N–H and O–H groups in total. The van der Waals surface area contributed by atoms with E-state index in [2.05, 4.69) is 0 Å². The Morgan fingerprint density at radius 1 is 0.929 bits per heavy atom. The van der Waals surface area contributed by atoms with E-state index < -0.39 is 45.9 Å². The van der Waals surface area contributed by atoms with E-state index in [1.54, 1.807) is 0 Å². The lowest BCUT2D eigenvalue weighted by Gasteiger charge is -2.04. The van der Waals surface area contributed by atoms with E-state index in [1.165, 1.54) is 0 Å². The largest absolute Gasteiger partial charge is 0.298 e. The molecule has 0 aliphatic carbocycles. The summed E-state index contributed by atoms with van der Waals surface area (Å²) in [6.07, 6.45) is -0.289. The van der Waals surface area contributed by atoms with Gasteiger partial charge in [-0.15, -0.1) is 0 Å². The Balaban J connectivity index is 3.65. The van der Waals surface area contributed by atoms with Gasteiger partial charge in [-0.1, -0.05) is 0 Å². The first-order chi connectivity index (χ1) is 6.54. The van der Waals surface area contributed by atoms with Gasteiger partial charge in [0.15, 0.2) is 29.6 Å². The van der Waals surface area contributed by atoms with Crippen LogP contribution in [0.4, 0.5) is 21.4 Å². The normalized spacial score (nSPS) is 10.4. The first kappa shape index (κ1) is 11.0. The fourth-order valence-corrected chi connectivity index (χ4v) is 1.19. The SMILES string of the molecule is O=Cc1c(F)c(F)c(F)c(F)c1SF. The topological polar surface area (TPSA) is 17.1 Å². The van der Waals surface area contributed by atoms with Crippen LogP contribution in [0, 0.1) is 23.3 Å². The van der Waals surface area contributed by atoms with E-state index in [0.29, 0.717) is 0 Å². The fourth-order valence-electron chi connectivity index (χ4n) is 0.809. The Morgan fingerprint density at radius 3 is 1.86 bits per heavy atom. The van der Waals surface area contributed by atoms with E-state index >= 15 is 0 Å². The molecule has 76 valence electrons. The van der Waals surface area contributed by atoms with Crippen molar-refractivity contribution in [3.05, 3.63) is 28.8 Å². The predicted molar refractivity (Wildman–Crippen MR) is 38.6 cm³/mol. The molecule has 0 saturated carbocycles. The predicted octanol–water partition coefficient (Wildman–Crippen LogP) is 3.03. The molecule has 0 bridgehead atoms. The van der Waals surface area contributed by atoms with Gasteiger partial charge >= 0.3 is 0 Å². The Labute approximate surface area is 79.2 Å². The molecule has 0 amide bonds. The Morgan fingerprint density at radius 2 is 1.43 bits per heavy atom. The van der Waals surface area contributed by atoms with Gasteiger partial charge in [0.2, 0.25) is 0 Å². The van der Waals surface area contributed by atoms with Crippen molar-refractivity contribution in [2.45, 2.75) is 4.90 Å². The second-order valence-corrected chi connectivity index (χ2v) is 2.76. The van der Waals surface area contributed by atoms with Crippen LogP contribution < -0.4 is 0 Å². The van der Waals surface area contributed by atoms with Gasteiger partial charge in [-0.2, -0.15) is 3.89 Å². The Bertz CT molecular complexity index is 392. The molecule has 0 aliphatic heterocycles. The van der Waals surface area contributed by atoms with E-state index in [-0.39, 0.29) is 6.29 Å². The summed E-state index contributed by atoms with van der Waals surface area (Å²) in [6, 6.07) is 0. The number of rotatable bonds is 2. The van der Waals surface area contributed by atoms with Gasteiger partial charge in [-0.25, -0.2) is 17.6 Å². The standard InChI is InChI=1S/C7HF5OS/c8-3-2(1-13)7(14-12)6(11)5(10)4(3)9/h1H. The van der Waals surface area contributed by atoms with Crippen molar-refractivity contribution in [1.82, 2.24) is 0 Å². The van der Waals surface area contributed by atoms with E-state index in [4.69, 9.17) is 0 Å². The first-order valence-corrected chi connectivity index (χ1v) is 3.86. The molecule has 14 heavy (non-hydrogen) atoms. The number of carbonyl (C=O) groups excluding carboxylic acids is 1. The maximum atomic E-state index is 12.7. The molecule has 1 nitrogen and oxygen atoms in total. The van der Waals surface area contributed by atoms with Crippen molar-refractivity contribution in [2.75, 3.05) is 0 Å². The number of aldehydes is 1. The Kier molecular flexibility index (Phi) is 3.10. The van der Waals surface area contributed by atoms with Crippen LogP contribution in [0.2, 0.25) is 0 Å². The van der Waals surface area contributed by atoms with Gasteiger partial charge in [0, 0.05) is 0 Å². The van der Waals surface area contributed by atoms with Crippen molar-refractivity contribution in [3.63, 3.8) is 0 Å². The zero-order chi connectivity index (χ0) is 10.9. The summed E-state index contributed by atoms with van der Waals surface area (Å²) >= 11 is -0.869. The molecule has 0 aliphatic rings. The van der Waals surface area contributed by atoms with Crippen molar-refractivity contribution < 1.29 is 26.2 Å². The summed E-state index contributed by atoms with van der Waals surface area (Å²) in [6.45, 7) is 0. The van der Waals surface area contributed by atoms with Crippen LogP contribution in [-0.2, 0) is 0 Å². The van der Waals surface area contributed by atoms with Gasteiger partial charge in [0.1, 0.15) is 0 Å². The molecule has 1 aromatic rings. The summed E-state index contributed by atoms with van der Waals surface area (Å²) in [7, 11) is 0. The molecule has 0 aromatic heterocycles. The summed E-state index contributed by atoms with van der Waals surface area (Å²) in [5.74, 6) is -8.10. The molecule has 0 unspecified atom stereocenters. The molecule has 0 fully saturated rings. The zero-order valence-electron chi connectivity index (χ0n) is 6.28. The van der Waals surface area contributed by atoms with Crippen LogP contribution in [0.25, 0.3) is 0 Å². The highest BCUT2D eigenvalue weighted by molar-refractivity contribution is 7.94.